The lowest BCUT2D eigenvalue weighted by atomic mass is 10.1. The summed E-state index contributed by atoms with van der Waals surface area (Å²) in [5.41, 5.74) is 3.97. The number of nitrogens with one attached hydrogen (secondary N) is 2. The Balaban J connectivity index is 1.66. The van der Waals surface area contributed by atoms with Crippen LogP contribution in [-0.2, 0) is 6.54 Å². The van der Waals surface area contributed by atoms with E-state index >= 15 is 0 Å². The van der Waals surface area contributed by atoms with Gasteiger partial charge in [-0.15, -0.1) is 0 Å². The molecule has 0 bridgehead atoms. The largest absolute Gasteiger partial charge is 0.395 e. The average molecular weight is 324 g/mol. The van der Waals surface area contributed by atoms with Gasteiger partial charge in [0.25, 0.3) is 0 Å². The van der Waals surface area contributed by atoms with Gasteiger partial charge in [-0.2, -0.15) is 5.10 Å². The van der Waals surface area contributed by atoms with Crippen molar-refractivity contribution < 1.29 is 5.11 Å². The van der Waals surface area contributed by atoms with Crippen LogP contribution in [0.25, 0.3) is 11.3 Å². The van der Waals surface area contributed by atoms with Crippen LogP contribution in [0.2, 0.25) is 0 Å². The molecule has 3 rings (SSSR count). The highest BCUT2D eigenvalue weighted by atomic mass is 16.3. The number of nitrogens with zero attached hydrogens (tertiary/aromatic N) is 4. The Morgan fingerprint density at radius 3 is 2.83 bits per heavy atom. The van der Waals surface area contributed by atoms with E-state index in [4.69, 9.17) is 5.11 Å². The van der Waals surface area contributed by atoms with E-state index in [0.717, 1.165) is 28.3 Å². The molecular weight excluding hydrogens is 304 g/mol. The number of hydrogen-bond donors (Lipinski definition) is 3. The van der Waals surface area contributed by atoms with E-state index in [2.05, 4.69) is 25.5 Å². The molecule has 0 aliphatic rings. The quantitative estimate of drug-likeness (QED) is 0.615. The van der Waals surface area contributed by atoms with Gasteiger partial charge >= 0.3 is 0 Å². The van der Waals surface area contributed by atoms with E-state index in [1.807, 2.05) is 36.2 Å². The fourth-order valence-corrected chi connectivity index (χ4v) is 2.39. The fourth-order valence-electron chi connectivity index (χ4n) is 2.39. The lowest BCUT2D eigenvalue weighted by Gasteiger charge is -2.17. The van der Waals surface area contributed by atoms with E-state index in [1.165, 1.54) is 0 Å². The van der Waals surface area contributed by atoms with Gasteiger partial charge in [0.2, 0.25) is 0 Å². The maximum Gasteiger partial charge on any atom is 0.126 e. The standard InChI is InChI=1S/C17H20N6O/c1-23(7-8-24)15-4-5-16(20-12-15)19-10-14-11-21-22-17(14)13-3-2-6-18-9-13/h2-6,9,11-12,24H,7-8,10H2,1H3,(H,19,20)(H,21,22). The Morgan fingerprint density at radius 2 is 2.12 bits per heavy atom. The highest BCUT2D eigenvalue weighted by Crippen LogP contribution is 2.21. The average Bonchev–Trinajstić information content (AvgIpc) is 3.10. The molecule has 7 nitrogen and oxygen atoms in total. The number of hydrogen-bond acceptors (Lipinski definition) is 6. The van der Waals surface area contributed by atoms with Gasteiger partial charge in [-0.25, -0.2) is 4.98 Å². The molecule has 0 unspecified atom stereocenters. The normalized spacial score (nSPS) is 10.6. The second-order valence-electron chi connectivity index (χ2n) is 5.41. The topological polar surface area (TPSA) is 90.0 Å². The molecule has 0 fully saturated rings. The number of aromatic nitrogens is 4. The number of rotatable bonds is 7. The minimum Gasteiger partial charge on any atom is -0.395 e. The molecule has 7 heteroatoms. The maximum absolute atomic E-state index is 8.97. The van der Waals surface area contributed by atoms with Crippen molar-refractivity contribution in [3.8, 4) is 11.3 Å². The van der Waals surface area contributed by atoms with Crippen LogP contribution in [0, 0.1) is 0 Å². The second kappa shape index (κ2) is 7.56. The number of H-pyrrole nitrogens is 1. The van der Waals surface area contributed by atoms with Crippen molar-refractivity contribution >= 4 is 11.5 Å². The van der Waals surface area contributed by atoms with Crippen molar-refractivity contribution in [3.63, 3.8) is 0 Å². The molecule has 0 aliphatic heterocycles. The number of likely N-dealkylation sites (N-methyl/N-ethyl adjacent to an activating group) is 1. The highest BCUT2D eigenvalue weighted by molar-refractivity contribution is 5.62. The van der Waals surface area contributed by atoms with Crippen LogP contribution >= 0.6 is 0 Å². The number of aromatic amines is 1. The number of aliphatic hydroxyl groups excluding tert-OH is 1. The first kappa shape index (κ1) is 15.9. The summed E-state index contributed by atoms with van der Waals surface area (Å²) in [5, 5.41) is 19.4. The van der Waals surface area contributed by atoms with Crippen LogP contribution < -0.4 is 10.2 Å². The molecule has 0 atom stereocenters. The third-order valence-corrected chi connectivity index (χ3v) is 3.75. The van der Waals surface area contributed by atoms with Gasteiger partial charge in [-0.1, -0.05) is 0 Å². The zero-order valence-electron chi connectivity index (χ0n) is 13.5. The van der Waals surface area contributed by atoms with E-state index in [1.54, 1.807) is 24.8 Å². The summed E-state index contributed by atoms with van der Waals surface area (Å²) in [6.45, 7) is 1.31. The third kappa shape index (κ3) is 3.69. The van der Waals surface area contributed by atoms with Crippen molar-refractivity contribution in [3.05, 3.63) is 54.6 Å². The van der Waals surface area contributed by atoms with E-state index in [0.29, 0.717) is 13.1 Å². The van der Waals surface area contributed by atoms with Gasteiger partial charge in [0.15, 0.2) is 0 Å². The summed E-state index contributed by atoms with van der Waals surface area (Å²) in [6, 6.07) is 7.79. The molecule has 0 aromatic carbocycles. The Bertz CT molecular complexity index is 756. The minimum atomic E-state index is 0.119. The Hall–Kier alpha value is -2.93. The summed E-state index contributed by atoms with van der Waals surface area (Å²) in [7, 11) is 1.92. The van der Waals surface area contributed by atoms with E-state index < -0.39 is 0 Å². The second-order valence-corrected chi connectivity index (χ2v) is 5.41. The number of aliphatic hydroxyl groups is 1. The monoisotopic (exact) mass is 324 g/mol. The number of pyridine rings is 2. The Morgan fingerprint density at radius 1 is 1.21 bits per heavy atom. The van der Waals surface area contributed by atoms with Crippen molar-refractivity contribution in [2.75, 3.05) is 30.4 Å². The van der Waals surface area contributed by atoms with Crippen LogP contribution in [0.15, 0.2) is 49.1 Å². The highest BCUT2D eigenvalue weighted by Gasteiger charge is 2.08. The van der Waals surface area contributed by atoms with Crippen LogP contribution in [0.1, 0.15) is 5.56 Å². The third-order valence-electron chi connectivity index (χ3n) is 3.75. The Kier molecular flexibility index (Phi) is 5.02. The van der Waals surface area contributed by atoms with Gasteiger partial charge in [-0.3, -0.25) is 10.1 Å². The molecule has 0 saturated heterocycles. The summed E-state index contributed by atoms with van der Waals surface area (Å²) >= 11 is 0. The van der Waals surface area contributed by atoms with E-state index in [9.17, 15) is 0 Å². The van der Waals surface area contributed by atoms with Crippen LogP contribution in [0.5, 0.6) is 0 Å². The first-order valence-electron chi connectivity index (χ1n) is 7.72. The zero-order valence-corrected chi connectivity index (χ0v) is 13.5. The van der Waals surface area contributed by atoms with Gasteiger partial charge in [0.1, 0.15) is 5.82 Å². The molecule has 24 heavy (non-hydrogen) atoms. The van der Waals surface area contributed by atoms with Gasteiger partial charge in [0.05, 0.1) is 30.4 Å². The maximum atomic E-state index is 8.97. The summed E-state index contributed by atoms with van der Waals surface area (Å²) in [6.07, 6.45) is 7.15. The van der Waals surface area contributed by atoms with Crippen LogP contribution in [0.4, 0.5) is 11.5 Å². The molecule has 3 aromatic rings. The summed E-state index contributed by atoms with van der Waals surface area (Å²) < 4.78 is 0. The molecule has 3 heterocycles. The van der Waals surface area contributed by atoms with Crippen LogP contribution in [-0.4, -0.2) is 45.5 Å². The SMILES string of the molecule is CN(CCO)c1ccc(NCc2cn[nH]c2-c2cccnc2)nc1. The smallest absolute Gasteiger partial charge is 0.126 e. The predicted octanol–water partition coefficient (Wildman–Crippen LogP) is 1.91. The van der Waals surface area contributed by atoms with Gasteiger partial charge in [0, 0.05) is 43.7 Å². The van der Waals surface area contributed by atoms with Crippen molar-refractivity contribution in [1.29, 1.82) is 0 Å². The molecule has 0 aliphatic carbocycles. The first-order valence-corrected chi connectivity index (χ1v) is 7.72. The van der Waals surface area contributed by atoms with Gasteiger partial charge < -0.3 is 15.3 Å². The molecule has 3 aromatic heterocycles. The van der Waals surface area contributed by atoms with Crippen molar-refractivity contribution in [2.45, 2.75) is 6.54 Å². The molecule has 3 N–H and O–H groups in total. The molecule has 0 amide bonds. The lowest BCUT2D eigenvalue weighted by Crippen LogP contribution is -2.21. The first-order chi connectivity index (χ1) is 11.8. The van der Waals surface area contributed by atoms with Gasteiger partial charge in [-0.05, 0) is 24.3 Å². The molecule has 124 valence electrons. The fraction of sp³-hybridized carbons (Fsp3) is 0.235. The van der Waals surface area contributed by atoms with E-state index in [-0.39, 0.29) is 6.61 Å². The van der Waals surface area contributed by atoms with Crippen molar-refractivity contribution in [1.82, 2.24) is 20.2 Å². The minimum absolute atomic E-state index is 0.119. The zero-order chi connectivity index (χ0) is 16.8. The molecule has 0 spiro atoms. The summed E-state index contributed by atoms with van der Waals surface area (Å²) in [4.78, 5) is 10.5. The van der Waals surface area contributed by atoms with Crippen molar-refractivity contribution in [2.24, 2.45) is 0 Å². The predicted molar refractivity (Wildman–Crippen MR) is 93.7 cm³/mol. The number of anilines is 2. The van der Waals surface area contributed by atoms with Crippen LogP contribution in [0.3, 0.4) is 0 Å². The molecule has 0 radical (unpaired) electrons. The molecular formula is C17H20N6O. The molecule has 0 saturated carbocycles. The summed E-state index contributed by atoms with van der Waals surface area (Å²) in [5.74, 6) is 0.787. The Labute approximate surface area is 140 Å². The lowest BCUT2D eigenvalue weighted by molar-refractivity contribution is 0.304.